The van der Waals surface area contributed by atoms with Crippen molar-refractivity contribution in [3.05, 3.63) is 131 Å². The zero-order valence-electron chi connectivity index (χ0n) is 42.1. The number of aliphatic carboxylic acids is 1. The van der Waals surface area contributed by atoms with Gasteiger partial charge in [-0.15, -0.1) is 0 Å². The van der Waals surface area contributed by atoms with Crippen LogP contribution in [0.1, 0.15) is 82.6 Å². The zero-order valence-corrected chi connectivity index (χ0v) is 42.1. The summed E-state index contributed by atoms with van der Waals surface area (Å²) in [5.74, 6) is 0.470. The molecule has 14 nitrogen and oxygen atoms in total. The molecule has 16 heteroatoms. The number of ether oxygens (including phenoxy) is 2. The molecule has 0 aliphatic carbocycles. The summed E-state index contributed by atoms with van der Waals surface area (Å²) < 4.78 is 38.1. The Morgan fingerprint density at radius 2 is 0.900 bits per heavy atom. The van der Waals surface area contributed by atoms with E-state index in [1.54, 1.807) is 24.3 Å². The van der Waals surface area contributed by atoms with Crippen LogP contribution in [0.2, 0.25) is 0 Å². The summed E-state index contributed by atoms with van der Waals surface area (Å²) in [6.45, 7) is 17.1. The van der Waals surface area contributed by atoms with Gasteiger partial charge in [-0.05, 0) is 89.5 Å². The van der Waals surface area contributed by atoms with Crippen LogP contribution in [0.3, 0.4) is 0 Å². The molecular weight excluding hydrogens is 899 g/mol. The van der Waals surface area contributed by atoms with Gasteiger partial charge in [-0.25, -0.2) is 18.4 Å². The monoisotopic (exact) mass is 976 g/mol. The van der Waals surface area contributed by atoms with Crippen molar-refractivity contribution in [3.8, 4) is 11.5 Å². The molecule has 0 radical (unpaired) electrons. The summed E-state index contributed by atoms with van der Waals surface area (Å²) >= 11 is 0. The van der Waals surface area contributed by atoms with Crippen molar-refractivity contribution in [2.24, 2.45) is 11.8 Å². The van der Waals surface area contributed by atoms with Gasteiger partial charge < -0.3 is 59.8 Å². The number of rotatable bonds is 18. The lowest BCUT2D eigenvalue weighted by molar-refractivity contribution is -0.885. The average molecular weight is 976 g/mol. The minimum Gasteiger partial charge on any atom is -0.547 e. The number of nitrogens with zero attached hydrogens (tertiary/aromatic N) is 2. The number of carbonyl (C=O) groups is 3. The predicted molar refractivity (Wildman–Crippen MR) is 264 cm³/mol. The molecule has 2 saturated heterocycles. The van der Waals surface area contributed by atoms with Crippen LogP contribution in [0, 0.1) is 23.5 Å². The fraction of sp³-hybridized carbons (Fsp3) is 0.500. The molecule has 0 unspecified atom stereocenters. The Kier molecular flexibility index (Phi) is 23.8. The number of carboxylic acids is 1. The molecule has 6 N–H and O–H groups in total. The average Bonchev–Trinajstić information content (AvgIpc) is 3.34. The molecule has 384 valence electrons. The Bertz CT molecular complexity index is 1990. The number of nitrogens with one attached hydrogen (secondary N) is 4. The second kappa shape index (κ2) is 29.4. The summed E-state index contributed by atoms with van der Waals surface area (Å²) in [5.41, 5.74) is 3.93. The molecule has 70 heavy (non-hydrogen) atoms. The van der Waals surface area contributed by atoms with Crippen molar-refractivity contribution in [1.29, 1.82) is 0 Å². The number of amides is 4. The van der Waals surface area contributed by atoms with Gasteiger partial charge in [0.05, 0.1) is 65.6 Å². The van der Waals surface area contributed by atoms with Gasteiger partial charge >= 0.3 is 12.1 Å². The van der Waals surface area contributed by atoms with E-state index in [4.69, 9.17) is 19.7 Å². The Balaban J connectivity index is 0.000000264. The van der Waals surface area contributed by atoms with Crippen LogP contribution in [0.15, 0.2) is 97.1 Å². The number of benzene rings is 4. The second-order valence-electron chi connectivity index (χ2n) is 19.4. The van der Waals surface area contributed by atoms with E-state index in [1.165, 1.54) is 41.0 Å². The van der Waals surface area contributed by atoms with Crippen molar-refractivity contribution in [3.63, 3.8) is 0 Å². The minimum absolute atomic E-state index is 0.0750. The zero-order chi connectivity index (χ0) is 51.2. The molecule has 0 saturated carbocycles. The predicted octanol–water partition coefficient (Wildman–Crippen LogP) is 3.98. The molecule has 2 fully saturated rings. The highest BCUT2D eigenvalue weighted by atomic mass is 19.1. The van der Waals surface area contributed by atoms with Gasteiger partial charge in [0.2, 0.25) is 0 Å². The fourth-order valence-electron chi connectivity index (χ4n) is 7.81. The maximum atomic E-state index is 13.3. The van der Waals surface area contributed by atoms with Gasteiger partial charge in [-0.3, -0.25) is 0 Å². The van der Waals surface area contributed by atoms with Crippen molar-refractivity contribution in [1.82, 2.24) is 20.4 Å². The Labute approximate surface area is 413 Å². The number of aliphatic hydroxyl groups excluding tert-OH is 2. The highest BCUT2D eigenvalue weighted by molar-refractivity contribution is 5.75. The number of aliphatic hydroxyl groups is 2. The maximum absolute atomic E-state index is 13.3. The number of hydrogen-bond donors (Lipinski definition) is 6. The molecule has 2 atom stereocenters. The standard InChI is InChI=1S/2C25H34FN3O2.C4H8O4/c2*1-19(2)18-31-24-10-6-20(7-11-24)16-27-25(30)29(23-12-14-28(3)15-13-23)17-21-4-8-22(26)9-5-21;1-2(5)3(6)4(7)8/h2*4-11,19,23H,12-18H2,1-3H3,(H,27,30);2-3,5-6H,1H3,(H,7,8)/p+1/t;;2-,3-/m..1/s1. The van der Waals surface area contributed by atoms with Gasteiger partial charge in [0, 0.05) is 63.9 Å². The molecule has 0 bridgehead atoms. The summed E-state index contributed by atoms with van der Waals surface area (Å²) in [6, 6.07) is 28.8. The van der Waals surface area contributed by atoms with Gasteiger partial charge in [0.1, 0.15) is 29.2 Å². The van der Waals surface area contributed by atoms with Gasteiger partial charge in [0.25, 0.3) is 0 Å². The van der Waals surface area contributed by atoms with Gasteiger partial charge in [0.15, 0.2) is 0 Å². The largest absolute Gasteiger partial charge is 0.547 e. The van der Waals surface area contributed by atoms with Crippen LogP contribution in [0.5, 0.6) is 11.5 Å². The first-order valence-corrected chi connectivity index (χ1v) is 24.6. The van der Waals surface area contributed by atoms with Crippen LogP contribution in [-0.2, 0) is 31.0 Å². The number of halogens is 2. The van der Waals surface area contributed by atoms with Crippen molar-refractivity contribution in [2.75, 3.05) is 53.5 Å². The normalized spacial score (nSPS) is 18.5. The topological polar surface area (TPSA) is 173 Å². The van der Waals surface area contributed by atoms with Gasteiger partial charge in [-0.2, -0.15) is 0 Å². The van der Waals surface area contributed by atoms with Crippen LogP contribution < -0.4 is 35.0 Å². The number of carbonyl (C=O) groups excluding carboxylic acids is 3. The molecule has 6 rings (SSSR count). The number of hydrogen-bond acceptors (Lipinski definition) is 8. The summed E-state index contributed by atoms with van der Waals surface area (Å²) in [6.07, 6.45) is 0.866. The Hall–Kier alpha value is -5.81. The second-order valence-corrected chi connectivity index (χ2v) is 19.4. The summed E-state index contributed by atoms with van der Waals surface area (Å²) in [7, 11) is 4.38. The minimum atomic E-state index is -1.77. The molecule has 2 heterocycles. The van der Waals surface area contributed by atoms with E-state index in [-0.39, 0.29) is 35.8 Å². The van der Waals surface area contributed by atoms with Crippen molar-refractivity contribution >= 4 is 18.0 Å². The summed E-state index contributed by atoms with van der Waals surface area (Å²) in [5, 5.41) is 32.4. The van der Waals surface area contributed by atoms with E-state index in [0.717, 1.165) is 85.6 Å². The molecule has 2 aliphatic heterocycles. The number of carboxylic acid groups (broad SMARTS) is 1. The fourth-order valence-corrected chi connectivity index (χ4v) is 7.81. The quantitative estimate of drug-likeness (QED) is 0.0870. The molecule has 0 spiro atoms. The van der Waals surface area contributed by atoms with E-state index in [9.17, 15) is 28.3 Å². The van der Waals surface area contributed by atoms with E-state index >= 15 is 0 Å². The van der Waals surface area contributed by atoms with E-state index in [1.807, 2.05) is 58.3 Å². The SMILES string of the molecule is CC(C)COc1ccc(CNC(=O)N(Cc2ccc(F)cc2)C2CC[NH+](C)CC2)cc1.CC(C)COc1ccc(CNC(=O)N(Cc2ccc(F)cc2)C2CC[NH+](C)CC2)cc1.C[C@@H](O)[C@@H](O)C(=O)[O-]. The highest BCUT2D eigenvalue weighted by Gasteiger charge is 2.30. The van der Waals surface area contributed by atoms with E-state index < -0.39 is 18.2 Å². The van der Waals surface area contributed by atoms with Crippen molar-refractivity contribution in [2.45, 2.75) is 111 Å². The number of quaternary nitrogens is 2. The third-order valence-electron chi connectivity index (χ3n) is 12.2. The van der Waals surface area contributed by atoms with Crippen LogP contribution in [-0.4, -0.2) is 116 Å². The molecule has 0 aromatic heterocycles. The van der Waals surface area contributed by atoms with Gasteiger partial charge in [-0.1, -0.05) is 76.2 Å². The third kappa shape index (κ3) is 20.6. The lowest BCUT2D eigenvalue weighted by Crippen LogP contribution is -3.10. The molecule has 2 aliphatic rings. The molecule has 4 aromatic rings. The lowest BCUT2D eigenvalue weighted by Gasteiger charge is -2.36. The third-order valence-corrected chi connectivity index (χ3v) is 12.2. The first-order chi connectivity index (χ1) is 33.4. The van der Waals surface area contributed by atoms with Crippen molar-refractivity contribution < 1.29 is 57.8 Å². The molecule has 4 aromatic carbocycles. The first-order valence-electron chi connectivity index (χ1n) is 24.6. The van der Waals surface area contributed by atoms with Crippen LogP contribution >= 0.6 is 0 Å². The van der Waals surface area contributed by atoms with E-state index in [2.05, 4.69) is 52.4 Å². The Morgan fingerprint density at radius 1 is 0.586 bits per heavy atom. The first kappa shape index (κ1) is 56.8. The molecular formula is C54H77F2N6O8+. The highest BCUT2D eigenvalue weighted by Crippen LogP contribution is 2.19. The lowest BCUT2D eigenvalue weighted by atomic mass is 10.0. The number of piperidine rings is 2. The summed E-state index contributed by atoms with van der Waals surface area (Å²) in [4.78, 5) is 42.7. The number of likely N-dealkylation sites (tertiary alicyclic amines) is 2. The number of urea groups is 2. The maximum Gasteiger partial charge on any atom is 0.318 e. The van der Waals surface area contributed by atoms with E-state index in [0.29, 0.717) is 51.2 Å². The smallest absolute Gasteiger partial charge is 0.318 e. The Morgan fingerprint density at radius 3 is 1.17 bits per heavy atom. The molecule has 4 amide bonds. The van der Waals surface area contributed by atoms with Crippen LogP contribution in [0.4, 0.5) is 18.4 Å². The van der Waals surface area contributed by atoms with Crippen LogP contribution in [0.25, 0.3) is 0 Å².